The Morgan fingerprint density at radius 2 is 2.08 bits per heavy atom. The first kappa shape index (κ1) is 18.6. The average Bonchev–Trinajstić information content (AvgIpc) is 2.59. The number of hydrogen-bond donors (Lipinski definition) is 0. The molecule has 0 saturated carbocycles. The van der Waals surface area contributed by atoms with Crippen LogP contribution in [0.15, 0.2) is 43.1 Å². The summed E-state index contributed by atoms with van der Waals surface area (Å²) in [4.78, 5) is 32.2. The maximum Gasteiger partial charge on any atom is 0.310 e. The highest BCUT2D eigenvalue weighted by Gasteiger charge is 2.18. The number of esters is 1. The lowest BCUT2D eigenvalue weighted by atomic mass is 10.0. The summed E-state index contributed by atoms with van der Waals surface area (Å²) in [6.07, 6.45) is 3.02. The Morgan fingerprint density at radius 3 is 2.76 bits per heavy atom. The number of benzene rings is 1. The topological polar surface area (TPSA) is 78.4 Å². The summed E-state index contributed by atoms with van der Waals surface area (Å²) >= 11 is 5.74. The van der Waals surface area contributed by atoms with E-state index < -0.39 is 5.97 Å². The van der Waals surface area contributed by atoms with Gasteiger partial charge in [-0.25, -0.2) is 9.97 Å². The molecular formula is C18H17ClN2O4. The van der Waals surface area contributed by atoms with E-state index in [0.717, 1.165) is 0 Å². The van der Waals surface area contributed by atoms with Crippen molar-refractivity contribution in [3.05, 3.63) is 65.2 Å². The van der Waals surface area contributed by atoms with Crippen molar-refractivity contribution in [1.29, 1.82) is 0 Å². The van der Waals surface area contributed by atoms with Gasteiger partial charge in [-0.1, -0.05) is 24.8 Å². The number of para-hydroxylation sites is 1. The zero-order valence-corrected chi connectivity index (χ0v) is 14.5. The molecule has 0 spiro atoms. The van der Waals surface area contributed by atoms with Gasteiger partial charge in [0, 0.05) is 11.8 Å². The lowest BCUT2D eigenvalue weighted by Gasteiger charge is -2.12. The van der Waals surface area contributed by atoms with Gasteiger partial charge in [-0.15, -0.1) is 0 Å². The fourth-order valence-corrected chi connectivity index (χ4v) is 2.44. The predicted octanol–water partition coefficient (Wildman–Crippen LogP) is 2.84. The molecule has 2 aromatic rings. The van der Waals surface area contributed by atoms with Crippen LogP contribution in [0, 0.1) is 0 Å². The standard InChI is InChI=1S/C18H17ClN2O4/c1-3-9-25-16(23)10-12-5-4-6-14(17(12)24-2)15(22)11-13-7-8-20-18(19)21-13/h3-8H,1,9-11H2,2H3. The average molecular weight is 361 g/mol. The van der Waals surface area contributed by atoms with Crippen molar-refractivity contribution in [3.63, 3.8) is 0 Å². The minimum atomic E-state index is -0.426. The molecule has 0 atom stereocenters. The maximum atomic E-state index is 12.6. The van der Waals surface area contributed by atoms with Crippen LogP contribution in [0.1, 0.15) is 21.6 Å². The van der Waals surface area contributed by atoms with Gasteiger partial charge in [-0.2, -0.15) is 0 Å². The van der Waals surface area contributed by atoms with Gasteiger partial charge in [-0.05, 0) is 23.7 Å². The number of ketones is 1. The Kier molecular flexibility index (Phi) is 6.65. The van der Waals surface area contributed by atoms with Gasteiger partial charge in [-0.3, -0.25) is 9.59 Å². The third-order valence-corrected chi connectivity index (χ3v) is 3.51. The normalized spacial score (nSPS) is 10.2. The van der Waals surface area contributed by atoms with Crippen molar-refractivity contribution in [2.75, 3.05) is 13.7 Å². The van der Waals surface area contributed by atoms with Crippen molar-refractivity contribution >= 4 is 23.4 Å². The number of carbonyl (C=O) groups is 2. The smallest absolute Gasteiger partial charge is 0.310 e. The molecule has 0 saturated heterocycles. The summed E-state index contributed by atoms with van der Waals surface area (Å²) in [6, 6.07) is 6.67. The molecule has 0 amide bonds. The summed E-state index contributed by atoms with van der Waals surface area (Å²) < 4.78 is 10.3. The third kappa shape index (κ3) is 5.12. The molecule has 0 aliphatic heterocycles. The second-order valence-electron chi connectivity index (χ2n) is 5.06. The summed E-state index contributed by atoms with van der Waals surface area (Å²) in [5.41, 5.74) is 1.44. The summed E-state index contributed by atoms with van der Waals surface area (Å²) in [5.74, 6) is -0.276. The van der Waals surface area contributed by atoms with E-state index in [2.05, 4.69) is 16.5 Å². The predicted molar refractivity (Wildman–Crippen MR) is 92.9 cm³/mol. The number of nitrogens with zero attached hydrogens (tertiary/aromatic N) is 2. The molecule has 0 bridgehead atoms. The van der Waals surface area contributed by atoms with Crippen molar-refractivity contribution in [2.24, 2.45) is 0 Å². The third-order valence-electron chi connectivity index (χ3n) is 3.32. The van der Waals surface area contributed by atoms with Gasteiger partial charge in [0.1, 0.15) is 12.4 Å². The Hall–Kier alpha value is -2.73. The zero-order chi connectivity index (χ0) is 18.2. The van der Waals surface area contributed by atoms with Crippen LogP contribution in [0.3, 0.4) is 0 Å². The number of halogens is 1. The van der Waals surface area contributed by atoms with E-state index in [1.54, 1.807) is 24.3 Å². The quantitative estimate of drug-likeness (QED) is 0.312. The molecule has 1 heterocycles. The highest BCUT2D eigenvalue weighted by molar-refractivity contribution is 6.28. The van der Waals surface area contributed by atoms with E-state index in [0.29, 0.717) is 22.6 Å². The Balaban J connectivity index is 2.22. The minimum Gasteiger partial charge on any atom is -0.496 e. The van der Waals surface area contributed by atoms with Gasteiger partial charge in [0.2, 0.25) is 5.28 Å². The van der Waals surface area contributed by atoms with Crippen LogP contribution >= 0.6 is 11.6 Å². The lowest BCUT2D eigenvalue weighted by molar-refractivity contribution is -0.141. The van der Waals surface area contributed by atoms with Crippen LogP contribution in [0.4, 0.5) is 0 Å². The number of hydrogen-bond acceptors (Lipinski definition) is 6. The molecule has 0 unspecified atom stereocenters. The van der Waals surface area contributed by atoms with E-state index in [1.165, 1.54) is 19.4 Å². The molecule has 0 aliphatic carbocycles. The second kappa shape index (κ2) is 8.94. The van der Waals surface area contributed by atoms with Crippen molar-refractivity contribution in [3.8, 4) is 5.75 Å². The van der Waals surface area contributed by atoms with E-state index in [1.807, 2.05) is 0 Å². The van der Waals surface area contributed by atoms with Crippen LogP contribution < -0.4 is 4.74 Å². The molecule has 0 aliphatic rings. The molecule has 7 heteroatoms. The number of methoxy groups -OCH3 is 1. The van der Waals surface area contributed by atoms with E-state index >= 15 is 0 Å². The number of Topliss-reactive ketones (excluding diaryl/α,β-unsaturated/α-hetero) is 1. The number of rotatable bonds is 8. The Morgan fingerprint density at radius 1 is 1.28 bits per heavy atom. The van der Waals surface area contributed by atoms with Crippen LogP contribution in [-0.2, 0) is 22.4 Å². The molecule has 2 rings (SSSR count). The number of carbonyl (C=O) groups excluding carboxylic acids is 2. The summed E-state index contributed by atoms with van der Waals surface area (Å²) in [7, 11) is 1.45. The molecule has 0 fully saturated rings. The summed E-state index contributed by atoms with van der Waals surface area (Å²) in [6.45, 7) is 3.62. The molecule has 6 nitrogen and oxygen atoms in total. The Bertz CT molecular complexity index is 792. The van der Waals surface area contributed by atoms with Gasteiger partial charge in [0.15, 0.2) is 5.78 Å². The van der Waals surface area contributed by atoms with Crippen LogP contribution in [0.25, 0.3) is 0 Å². The van der Waals surface area contributed by atoms with Gasteiger partial charge in [0.05, 0.1) is 31.2 Å². The molecule has 130 valence electrons. The number of aromatic nitrogens is 2. The largest absolute Gasteiger partial charge is 0.496 e. The maximum absolute atomic E-state index is 12.6. The van der Waals surface area contributed by atoms with E-state index in [-0.39, 0.29) is 30.5 Å². The first-order valence-electron chi connectivity index (χ1n) is 7.48. The van der Waals surface area contributed by atoms with Crippen LogP contribution in [0.5, 0.6) is 5.75 Å². The molecular weight excluding hydrogens is 344 g/mol. The molecule has 1 aromatic heterocycles. The van der Waals surface area contributed by atoms with Crippen LogP contribution in [-0.4, -0.2) is 35.4 Å². The van der Waals surface area contributed by atoms with Gasteiger partial charge in [0.25, 0.3) is 0 Å². The molecule has 0 radical (unpaired) electrons. The molecule has 0 N–H and O–H groups in total. The zero-order valence-electron chi connectivity index (χ0n) is 13.7. The van der Waals surface area contributed by atoms with Gasteiger partial charge >= 0.3 is 5.97 Å². The van der Waals surface area contributed by atoms with E-state index in [9.17, 15) is 9.59 Å². The number of ether oxygens (including phenoxy) is 2. The van der Waals surface area contributed by atoms with Crippen LogP contribution in [0.2, 0.25) is 5.28 Å². The lowest BCUT2D eigenvalue weighted by Crippen LogP contribution is -2.12. The van der Waals surface area contributed by atoms with Crippen molar-refractivity contribution < 1.29 is 19.1 Å². The van der Waals surface area contributed by atoms with Crippen molar-refractivity contribution in [2.45, 2.75) is 12.8 Å². The highest BCUT2D eigenvalue weighted by Crippen LogP contribution is 2.26. The fraction of sp³-hybridized carbons (Fsp3) is 0.222. The first-order chi connectivity index (χ1) is 12.0. The second-order valence-corrected chi connectivity index (χ2v) is 5.40. The first-order valence-corrected chi connectivity index (χ1v) is 7.86. The summed E-state index contributed by atoms with van der Waals surface area (Å²) in [5, 5.41) is 0.0796. The molecule has 1 aromatic carbocycles. The minimum absolute atomic E-state index is 0.00251. The SMILES string of the molecule is C=CCOC(=O)Cc1cccc(C(=O)Cc2ccnc(Cl)n2)c1OC. The van der Waals surface area contributed by atoms with E-state index in [4.69, 9.17) is 21.1 Å². The Labute approximate surface area is 150 Å². The molecule has 25 heavy (non-hydrogen) atoms. The monoisotopic (exact) mass is 360 g/mol. The van der Waals surface area contributed by atoms with Gasteiger partial charge < -0.3 is 9.47 Å². The highest BCUT2D eigenvalue weighted by atomic mass is 35.5. The van der Waals surface area contributed by atoms with Crippen molar-refractivity contribution in [1.82, 2.24) is 9.97 Å². The fourth-order valence-electron chi connectivity index (χ4n) is 2.27.